The van der Waals surface area contributed by atoms with Gasteiger partial charge in [0.05, 0.1) is 13.7 Å². The van der Waals surface area contributed by atoms with Gasteiger partial charge in [-0.2, -0.15) is 0 Å². The van der Waals surface area contributed by atoms with Crippen molar-refractivity contribution in [2.45, 2.75) is 77.5 Å². The zero-order valence-corrected chi connectivity index (χ0v) is 24.7. The Morgan fingerprint density at radius 1 is 0.951 bits per heavy atom. The highest BCUT2D eigenvalue weighted by Gasteiger charge is 2.26. The maximum Gasteiger partial charge on any atom is 0.410 e. The normalized spacial score (nSPS) is 14.6. The Balaban J connectivity index is 1.33. The van der Waals surface area contributed by atoms with Crippen LogP contribution in [0.15, 0.2) is 54.6 Å². The van der Waals surface area contributed by atoms with E-state index in [4.69, 9.17) is 18.9 Å². The molecule has 0 radical (unpaired) electrons. The molecule has 1 saturated heterocycles. The fourth-order valence-corrected chi connectivity index (χ4v) is 4.66. The van der Waals surface area contributed by atoms with Gasteiger partial charge in [-0.05, 0) is 75.6 Å². The molecule has 0 bridgehead atoms. The third kappa shape index (κ3) is 11.7. The Hall–Kier alpha value is -3.75. The SMILES string of the molecule is COC(=O)C(Cc1ccc(OCCCCC2CCN(C(=O)OC(C)(C)C)CC2)cc1)NC(=O)OCc1ccccc1. The first-order valence-corrected chi connectivity index (χ1v) is 14.4. The summed E-state index contributed by atoms with van der Waals surface area (Å²) < 4.78 is 21.5. The monoisotopic (exact) mass is 568 g/mol. The molecule has 2 aromatic rings. The number of benzene rings is 2. The molecule has 0 spiro atoms. The molecule has 1 atom stereocenters. The molecule has 1 aliphatic heterocycles. The number of nitrogens with zero attached hydrogens (tertiary/aromatic N) is 1. The molecule has 0 aromatic heterocycles. The summed E-state index contributed by atoms with van der Waals surface area (Å²) >= 11 is 0. The molecule has 9 heteroatoms. The Morgan fingerprint density at radius 2 is 1.63 bits per heavy atom. The number of carbonyl (C=O) groups is 3. The maximum atomic E-state index is 12.3. The summed E-state index contributed by atoms with van der Waals surface area (Å²) in [5, 5.41) is 2.60. The molecule has 9 nitrogen and oxygen atoms in total. The first kappa shape index (κ1) is 31.8. The summed E-state index contributed by atoms with van der Waals surface area (Å²) in [6.07, 6.45) is 4.53. The predicted octanol–water partition coefficient (Wildman–Crippen LogP) is 5.89. The number of amides is 2. The van der Waals surface area contributed by atoms with Crippen LogP contribution >= 0.6 is 0 Å². The lowest BCUT2D eigenvalue weighted by Gasteiger charge is -2.33. The molecule has 2 amide bonds. The van der Waals surface area contributed by atoms with Gasteiger partial charge in [-0.25, -0.2) is 14.4 Å². The minimum atomic E-state index is -0.869. The number of carbonyl (C=O) groups excluding carboxylic acids is 3. The topological polar surface area (TPSA) is 103 Å². The summed E-state index contributed by atoms with van der Waals surface area (Å²) in [4.78, 5) is 38.6. The zero-order valence-electron chi connectivity index (χ0n) is 24.7. The average Bonchev–Trinajstić information content (AvgIpc) is 2.96. The van der Waals surface area contributed by atoms with E-state index in [2.05, 4.69) is 5.32 Å². The predicted molar refractivity (Wildman–Crippen MR) is 156 cm³/mol. The van der Waals surface area contributed by atoms with Gasteiger partial charge in [0, 0.05) is 19.5 Å². The zero-order chi connectivity index (χ0) is 29.7. The number of nitrogens with one attached hydrogen (secondary N) is 1. The molecule has 1 fully saturated rings. The van der Waals surface area contributed by atoms with E-state index in [1.54, 1.807) is 0 Å². The number of likely N-dealkylation sites (tertiary alicyclic amines) is 1. The third-order valence-electron chi connectivity index (χ3n) is 6.90. The van der Waals surface area contributed by atoms with E-state index in [1.165, 1.54) is 7.11 Å². The maximum absolute atomic E-state index is 12.3. The average molecular weight is 569 g/mol. The lowest BCUT2D eigenvalue weighted by Crippen LogP contribution is -2.43. The molecule has 0 saturated carbocycles. The molecule has 41 heavy (non-hydrogen) atoms. The van der Waals surface area contributed by atoms with Crippen LogP contribution in [-0.4, -0.2) is 61.5 Å². The van der Waals surface area contributed by atoms with Crippen molar-refractivity contribution in [2.75, 3.05) is 26.8 Å². The Kier molecular flexibility index (Phi) is 12.3. The first-order chi connectivity index (χ1) is 19.6. The number of piperidine rings is 1. The van der Waals surface area contributed by atoms with Gasteiger partial charge in [-0.3, -0.25) is 0 Å². The number of rotatable bonds is 12. The molecule has 1 heterocycles. The second kappa shape index (κ2) is 15.9. The Labute approximate surface area is 243 Å². The van der Waals surface area contributed by atoms with E-state index >= 15 is 0 Å². The number of ether oxygens (including phenoxy) is 4. The molecular formula is C32H44N2O7. The van der Waals surface area contributed by atoms with Crippen LogP contribution in [0.5, 0.6) is 5.75 Å². The van der Waals surface area contributed by atoms with Gasteiger partial charge in [0.15, 0.2) is 0 Å². The van der Waals surface area contributed by atoms with Gasteiger partial charge in [0.1, 0.15) is 24.0 Å². The van der Waals surface area contributed by atoms with Gasteiger partial charge < -0.3 is 29.2 Å². The smallest absolute Gasteiger partial charge is 0.410 e. The van der Waals surface area contributed by atoms with Crippen LogP contribution in [0.25, 0.3) is 0 Å². The number of hydrogen-bond donors (Lipinski definition) is 1. The highest BCUT2D eigenvalue weighted by molar-refractivity contribution is 5.81. The van der Waals surface area contributed by atoms with Crippen molar-refractivity contribution in [1.82, 2.24) is 10.2 Å². The first-order valence-electron chi connectivity index (χ1n) is 14.4. The molecule has 3 rings (SSSR count). The fraction of sp³-hybridized carbons (Fsp3) is 0.531. The van der Waals surface area contributed by atoms with E-state index in [1.807, 2.05) is 80.3 Å². The van der Waals surface area contributed by atoms with Gasteiger partial charge in [-0.15, -0.1) is 0 Å². The molecule has 0 aliphatic carbocycles. The highest BCUT2D eigenvalue weighted by Crippen LogP contribution is 2.24. The summed E-state index contributed by atoms with van der Waals surface area (Å²) in [6.45, 7) is 7.91. The standard InChI is InChI=1S/C32H44N2O7/c1-32(2,3)41-31(37)34-19-17-24(18-20-34)10-8-9-21-39-27-15-13-25(14-16-27)22-28(29(35)38-4)33-30(36)40-23-26-11-6-5-7-12-26/h5-7,11-16,24,28H,8-10,17-23H2,1-4H3,(H,33,36). The largest absolute Gasteiger partial charge is 0.494 e. The molecular weight excluding hydrogens is 524 g/mol. The van der Waals surface area contributed by atoms with Crippen LogP contribution in [0.1, 0.15) is 64.0 Å². The van der Waals surface area contributed by atoms with Crippen molar-refractivity contribution in [3.63, 3.8) is 0 Å². The van der Waals surface area contributed by atoms with Crippen molar-refractivity contribution in [3.8, 4) is 5.75 Å². The highest BCUT2D eigenvalue weighted by atomic mass is 16.6. The van der Waals surface area contributed by atoms with Gasteiger partial charge >= 0.3 is 18.2 Å². The summed E-state index contributed by atoms with van der Waals surface area (Å²) in [7, 11) is 1.29. The number of esters is 1. The van der Waals surface area contributed by atoms with Crippen molar-refractivity contribution in [3.05, 3.63) is 65.7 Å². The number of hydrogen-bond acceptors (Lipinski definition) is 7. The van der Waals surface area contributed by atoms with Gasteiger partial charge in [0.2, 0.25) is 0 Å². The van der Waals surface area contributed by atoms with Crippen LogP contribution in [0, 0.1) is 5.92 Å². The van der Waals surface area contributed by atoms with Crippen molar-refractivity contribution in [2.24, 2.45) is 5.92 Å². The van der Waals surface area contributed by atoms with E-state index in [0.29, 0.717) is 12.5 Å². The fourth-order valence-electron chi connectivity index (χ4n) is 4.66. The van der Waals surface area contributed by atoms with Crippen LogP contribution < -0.4 is 10.1 Å². The molecule has 1 unspecified atom stereocenters. The van der Waals surface area contributed by atoms with Crippen LogP contribution in [0.3, 0.4) is 0 Å². The van der Waals surface area contributed by atoms with E-state index in [-0.39, 0.29) is 19.1 Å². The van der Waals surface area contributed by atoms with Gasteiger partial charge in [0.25, 0.3) is 0 Å². The minimum Gasteiger partial charge on any atom is -0.494 e. The number of methoxy groups -OCH3 is 1. The quantitative estimate of drug-likeness (QED) is 0.193. The number of alkyl carbamates (subject to hydrolysis) is 1. The van der Waals surface area contributed by atoms with E-state index < -0.39 is 23.7 Å². The van der Waals surface area contributed by atoms with Crippen molar-refractivity contribution >= 4 is 18.2 Å². The van der Waals surface area contributed by atoms with E-state index in [0.717, 1.165) is 62.1 Å². The molecule has 224 valence electrons. The number of unbranched alkanes of at least 4 members (excludes halogenated alkanes) is 1. The second-order valence-electron chi connectivity index (χ2n) is 11.4. The molecule has 2 aromatic carbocycles. The third-order valence-corrected chi connectivity index (χ3v) is 6.90. The second-order valence-corrected chi connectivity index (χ2v) is 11.4. The lowest BCUT2D eigenvalue weighted by atomic mass is 9.92. The van der Waals surface area contributed by atoms with Gasteiger partial charge in [-0.1, -0.05) is 48.9 Å². The molecule has 1 N–H and O–H groups in total. The summed E-state index contributed by atoms with van der Waals surface area (Å²) in [5.74, 6) is 0.835. The van der Waals surface area contributed by atoms with Crippen LogP contribution in [0.4, 0.5) is 9.59 Å². The Morgan fingerprint density at radius 3 is 2.27 bits per heavy atom. The lowest BCUT2D eigenvalue weighted by molar-refractivity contribution is -0.143. The molecule has 1 aliphatic rings. The van der Waals surface area contributed by atoms with Crippen molar-refractivity contribution in [1.29, 1.82) is 0 Å². The summed E-state index contributed by atoms with van der Waals surface area (Å²) in [6, 6.07) is 15.9. The summed E-state index contributed by atoms with van der Waals surface area (Å²) in [5.41, 5.74) is 1.25. The Bertz CT molecular complexity index is 1090. The minimum absolute atomic E-state index is 0.111. The van der Waals surface area contributed by atoms with Crippen molar-refractivity contribution < 1.29 is 33.3 Å². The van der Waals surface area contributed by atoms with E-state index in [9.17, 15) is 14.4 Å². The van der Waals surface area contributed by atoms with Crippen LogP contribution in [0.2, 0.25) is 0 Å². The van der Waals surface area contributed by atoms with Crippen LogP contribution in [-0.2, 0) is 32.0 Å².